The highest BCUT2D eigenvalue weighted by molar-refractivity contribution is 5.40. The lowest BCUT2D eigenvalue weighted by molar-refractivity contribution is 0.244. The van der Waals surface area contributed by atoms with E-state index in [9.17, 15) is 0 Å². The highest BCUT2D eigenvalue weighted by atomic mass is 16.3. The molecule has 0 radical (unpaired) electrons. The fourth-order valence-corrected chi connectivity index (χ4v) is 1.42. The number of anilines is 1. The first kappa shape index (κ1) is 11.0. The van der Waals surface area contributed by atoms with E-state index in [1.54, 1.807) is 0 Å². The third-order valence-corrected chi connectivity index (χ3v) is 2.10. The first-order valence-corrected chi connectivity index (χ1v) is 4.86. The summed E-state index contributed by atoms with van der Waals surface area (Å²) in [6, 6.07) is 7.89. The summed E-state index contributed by atoms with van der Waals surface area (Å²) in [5.41, 5.74) is 7.69. The molecular formula is C11H18N2O. The quantitative estimate of drug-likeness (QED) is 0.690. The Kier molecular flexibility index (Phi) is 4.43. The molecule has 3 nitrogen and oxygen atoms in total. The summed E-state index contributed by atoms with van der Waals surface area (Å²) in [6.07, 6.45) is 0.818. The van der Waals surface area contributed by atoms with Crippen molar-refractivity contribution >= 4 is 5.69 Å². The smallest absolute Gasteiger partial charge is 0.0443 e. The van der Waals surface area contributed by atoms with Gasteiger partial charge in [-0.15, -0.1) is 0 Å². The van der Waals surface area contributed by atoms with Crippen molar-refractivity contribution in [1.29, 1.82) is 0 Å². The summed E-state index contributed by atoms with van der Waals surface area (Å²) >= 11 is 0. The van der Waals surface area contributed by atoms with E-state index in [2.05, 4.69) is 11.0 Å². The molecule has 0 fully saturated rings. The van der Waals surface area contributed by atoms with Crippen LogP contribution in [-0.4, -0.2) is 30.2 Å². The van der Waals surface area contributed by atoms with Gasteiger partial charge in [0.05, 0.1) is 0 Å². The molecule has 3 heteroatoms. The highest BCUT2D eigenvalue weighted by Crippen LogP contribution is 2.08. The standard InChI is InChI=1S/C11H18N2O/c1-13(6-3-7-14)9-10-4-2-5-11(12)8-10/h2,4-5,8,14H,3,6-7,9,12H2,1H3. The molecule has 0 aliphatic heterocycles. The minimum Gasteiger partial charge on any atom is -0.399 e. The minimum atomic E-state index is 0.251. The molecule has 0 saturated carbocycles. The van der Waals surface area contributed by atoms with Crippen molar-refractivity contribution < 1.29 is 5.11 Å². The van der Waals surface area contributed by atoms with E-state index in [0.29, 0.717) is 0 Å². The van der Waals surface area contributed by atoms with E-state index in [0.717, 1.165) is 25.2 Å². The summed E-state index contributed by atoms with van der Waals surface area (Å²) in [5.74, 6) is 0. The zero-order valence-electron chi connectivity index (χ0n) is 8.61. The maximum absolute atomic E-state index is 8.68. The van der Waals surface area contributed by atoms with Crippen molar-refractivity contribution in [3.63, 3.8) is 0 Å². The van der Waals surface area contributed by atoms with Gasteiger partial charge in [0.2, 0.25) is 0 Å². The maximum atomic E-state index is 8.68. The normalized spacial score (nSPS) is 10.8. The van der Waals surface area contributed by atoms with Crippen LogP contribution in [0.3, 0.4) is 0 Å². The van der Waals surface area contributed by atoms with Gasteiger partial charge in [-0.3, -0.25) is 0 Å². The second-order valence-electron chi connectivity index (χ2n) is 3.56. The van der Waals surface area contributed by atoms with Crippen molar-refractivity contribution in [2.24, 2.45) is 0 Å². The summed E-state index contributed by atoms with van der Waals surface area (Å²) in [5, 5.41) is 8.68. The molecule has 0 spiro atoms. The van der Waals surface area contributed by atoms with Crippen molar-refractivity contribution in [2.75, 3.05) is 25.9 Å². The number of aliphatic hydroxyl groups excluding tert-OH is 1. The Balaban J connectivity index is 2.43. The molecule has 0 aliphatic carbocycles. The highest BCUT2D eigenvalue weighted by Gasteiger charge is 1.99. The SMILES string of the molecule is CN(CCCO)Cc1cccc(N)c1. The molecule has 0 bridgehead atoms. The average molecular weight is 194 g/mol. The molecular weight excluding hydrogens is 176 g/mol. The lowest BCUT2D eigenvalue weighted by Crippen LogP contribution is -2.19. The summed E-state index contributed by atoms with van der Waals surface area (Å²) in [4.78, 5) is 2.17. The number of nitrogen functional groups attached to an aromatic ring is 1. The number of aliphatic hydroxyl groups is 1. The topological polar surface area (TPSA) is 49.5 Å². The van der Waals surface area contributed by atoms with Gasteiger partial charge < -0.3 is 15.7 Å². The van der Waals surface area contributed by atoms with E-state index in [-0.39, 0.29) is 6.61 Å². The van der Waals surface area contributed by atoms with Crippen LogP contribution in [0.5, 0.6) is 0 Å². The first-order chi connectivity index (χ1) is 6.72. The molecule has 0 saturated heterocycles. The van der Waals surface area contributed by atoms with E-state index in [4.69, 9.17) is 10.8 Å². The predicted molar refractivity (Wildman–Crippen MR) is 58.9 cm³/mol. The van der Waals surface area contributed by atoms with Gasteiger partial charge in [-0.05, 0) is 31.2 Å². The summed E-state index contributed by atoms with van der Waals surface area (Å²) in [6.45, 7) is 2.04. The molecule has 0 unspecified atom stereocenters. The fourth-order valence-electron chi connectivity index (χ4n) is 1.42. The summed E-state index contributed by atoms with van der Waals surface area (Å²) < 4.78 is 0. The summed E-state index contributed by atoms with van der Waals surface area (Å²) in [7, 11) is 2.04. The molecule has 0 aliphatic rings. The second-order valence-corrected chi connectivity index (χ2v) is 3.56. The average Bonchev–Trinajstić information content (AvgIpc) is 2.15. The Morgan fingerprint density at radius 3 is 2.86 bits per heavy atom. The van der Waals surface area contributed by atoms with Crippen molar-refractivity contribution in [3.8, 4) is 0 Å². The Bertz CT molecular complexity index is 276. The van der Waals surface area contributed by atoms with Crippen LogP contribution in [0.4, 0.5) is 5.69 Å². The Morgan fingerprint density at radius 2 is 2.21 bits per heavy atom. The molecule has 3 N–H and O–H groups in total. The Morgan fingerprint density at radius 1 is 1.43 bits per heavy atom. The Labute approximate surface area is 85.2 Å². The third kappa shape index (κ3) is 3.77. The van der Waals surface area contributed by atoms with E-state index in [1.807, 2.05) is 25.2 Å². The number of hydrogen-bond acceptors (Lipinski definition) is 3. The molecule has 1 aromatic rings. The van der Waals surface area contributed by atoms with Crippen LogP contribution in [0, 0.1) is 0 Å². The molecule has 78 valence electrons. The number of benzene rings is 1. The van der Waals surface area contributed by atoms with E-state index < -0.39 is 0 Å². The molecule has 0 amide bonds. The largest absolute Gasteiger partial charge is 0.399 e. The molecule has 14 heavy (non-hydrogen) atoms. The van der Waals surface area contributed by atoms with Gasteiger partial charge in [-0.1, -0.05) is 12.1 Å². The molecule has 1 aromatic carbocycles. The number of nitrogens with two attached hydrogens (primary N) is 1. The second kappa shape index (κ2) is 5.62. The number of hydrogen-bond donors (Lipinski definition) is 2. The zero-order valence-corrected chi connectivity index (χ0v) is 8.61. The minimum absolute atomic E-state index is 0.251. The van der Waals surface area contributed by atoms with Gasteiger partial charge in [0, 0.05) is 25.4 Å². The van der Waals surface area contributed by atoms with E-state index in [1.165, 1.54) is 5.56 Å². The third-order valence-electron chi connectivity index (χ3n) is 2.10. The number of nitrogens with zero attached hydrogens (tertiary/aromatic N) is 1. The van der Waals surface area contributed by atoms with Crippen LogP contribution < -0.4 is 5.73 Å². The lowest BCUT2D eigenvalue weighted by atomic mass is 10.2. The maximum Gasteiger partial charge on any atom is 0.0443 e. The monoisotopic (exact) mass is 194 g/mol. The van der Waals surface area contributed by atoms with Crippen LogP contribution in [-0.2, 0) is 6.54 Å². The zero-order chi connectivity index (χ0) is 10.4. The van der Waals surface area contributed by atoms with Crippen LogP contribution in [0.25, 0.3) is 0 Å². The van der Waals surface area contributed by atoms with Crippen LogP contribution >= 0.6 is 0 Å². The van der Waals surface area contributed by atoms with E-state index >= 15 is 0 Å². The van der Waals surface area contributed by atoms with Gasteiger partial charge in [0.1, 0.15) is 0 Å². The number of rotatable bonds is 5. The van der Waals surface area contributed by atoms with Gasteiger partial charge in [0.15, 0.2) is 0 Å². The van der Waals surface area contributed by atoms with Crippen LogP contribution in [0.1, 0.15) is 12.0 Å². The molecule has 0 heterocycles. The van der Waals surface area contributed by atoms with Crippen LogP contribution in [0.15, 0.2) is 24.3 Å². The van der Waals surface area contributed by atoms with Crippen molar-refractivity contribution in [1.82, 2.24) is 4.90 Å². The van der Waals surface area contributed by atoms with Gasteiger partial charge in [0.25, 0.3) is 0 Å². The van der Waals surface area contributed by atoms with Gasteiger partial charge in [-0.25, -0.2) is 0 Å². The van der Waals surface area contributed by atoms with Crippen molar-refractivity contribution in [2.45, 2.75) is 13.0 Å². The van der Waals surface area contributed by atoms with Gasteiger partial charge in [-0.2, -0.15) is 0 Å². The fraction of sp³-hybridized carbons (Fsp3) is 0.455. The lowest BCUT2D eigenvalue weighted by Gasteiger charge is -2.15. The van der Waals surface area contributed by atoms with Crippen molar-refractivity contribution in [3.05, 3.63) is 29.8 Å². The first-order valence-electron chi connectivity index (χ1n) is 4.86. The molecule has 1 rings (SSSR count). The Hall–Kier alpha value is -1.06. The predicted octanol–water partition coefficient (Wildman–Crippen LogP) is 1.08. The molecule has 0 aromatic heterocycles. The van der Waals surface area contributed by atoms with Crippen LogP contribution in [0.2, 0.25) is 0 Å². The van der Waals surface area contributed by atoms with Gasteiger partial charge >= 0.3 is 0 Å². The molecule has 0 atom stereocenters.